The van der Waals surface area contributed by atoms with E-state index in [1.54, 1.807) is 6.20 Å². The summed E-state index contributed by atoms with van der Waals surface area (Å²) in [5.41, 5.74) is 5.09. The van der Waals surface area contributed by atoms with Crippen LogP contribution in [0.15, 0.2) is 42.6 Å². The smallest absolute Gasteiger partial charge is 0.407 e. The fourth-order valence-corrected chi connectivity index (χ4v) is 3.91. The molecule has 0 bridgehead atoms. The quantitative estimate of drug-likeness (QED) is 0.757. The van der Waals surface area contributed by atoms with Gasteiger partial charge in [0.1, 0.15) is 0 Å². The fraction of sp³-hybridized carbons (Fsp3) is 0.318. The predicted molar refractivity (Wildman–Crippen MR) is 106 cm³/mol. The fourth-order valence-electron chi connectivity index (χ4n) is 3.91. The van der Waals surface area contributed by atoms with Crippen LogP contribution in [0.4, 0.5) is 4.79 Å². The summed E-state index contributed by atoms with van der Waals surface area (Å²) >= 11 is 0. The van der Waals surface area contributed by atoms with Gasteiger partial charge in [0.05, 0.1) is 30.0 Å². The Morgan fingerprint density at radius 3 is 2.93 bits per heavy atom. The van der Waals surface area contributed by atoms with E-state index in [1.807, 2.05) is 50.2 Å². The summed E-state index contributed by atoms with van der Waals surface area (Å²) in [6.45, 7) is 4.32. The van der Waals surface area contributed by atoms with Crippen LogP contribution >= 0.6 is 0 Å². The topological polar surface area (TPSA) is 79.9 Å². The third-order valence-electron chi connectivity index (χ3n) is 5.02. The zero-order valence-electron chi connectivity index (χ0n) is 16.0. The highest BCUT2D eigenvalue weighted by Gasteiger charge is 2.30. The number of fused-ring (bicyclic) bond motifs is 3. The number of nitriles is 1. The molecule has 1 atom stereocenters. The molecule has 3 aromatic rings. The summed E-state index contributed by atoms with van der Waals surface area (Å²) in [6.07, 6.45) is 2.71. The summed E-state index contributed by atoms with van der Waals surface area (Å²) < 4.78 is 7.48. The van der Waals surface area contributed by atoms with Crippen molar-refractivity contribution in [2.24, 2.45) is 0 Å². The molecule has 4 rings (SSSR count). The number of nitrogens with one attached hydrogen (secondary N) is 1. The Morgan fingerprint density at radius 1 is 1.36 bits per heavy atom. The average molecular weight is 374 g/mol. The molecule has 6 nitrogen and oxygen atoms in total. The highest BCUT2D eigenvalue weighted by molar-refractivity contribution is 5.88. The maximum atomic E-state index is 12.0. The van der Waals surface area contributed by atoms with Crippen LogP contribution in [0, 0.1) is 11.3 Å². The van der Waals surface area contributed by atoms with Crippen molar-refractivity contribution in [2.75, 3.05) is 0 Å². The van der Waals surface area contributed by atoms with Crippen molar-refractivity contribution in [2.45, 2.75) is 45.4 Å². The number of aromatic nitrogens is 2. The lowest BCUT2D eigenvalue weighted by atomic mass is 10.1. The molecular weight excluding hydrogens is 352 g/mol. The van der Waals surface area contributed by atoms with E-state index < -0.39 is 0 Å². The van der Waals surface area contributed by atoms with Gasteiger partial charge in [-0.2, -0.15) is 5.26 Å². The minimum Gasteiger partial charge on any atom is -0.447 e. The van der Waals surface area contributed by atoms with E-state index >= 15 is 0 Å². The van der Waals surface area contributed by atoms with Crippen LogP contribution in [-0.4, -0.2) is 27.8 Å². The molecule has 6 heteroatoms. The van der Waals surface area contributed by atoms with Crippen molar-refractivity contribution in [1.29, 1.82) is 5.26 Å². The summed E-state index contributed by atoms with van der Waals surface area (Å²) in [4.78, 5) is 16.5. The van der Waals surface area contributed by atoms with Gasteiger partial charge < -0.3 is 14.6 Å². The van der Waals surface area contributed by atoms with E-state index in [9.17, 15) is 10.1 Å². The van der Waals surface area contributed by atoms with E-state index in [1.165, 1.54) is 11.3 Å². The molecule has 0 radical (unpaired) electrons. The second-order valence-electron chi connectivity index (χ2n) is 7.38. The molecule has 0 saturated heterocycles. The van der Waals surface area contributed by atoms with Crippen LogP contribution in [0.2, 0.25) is 0 Å². The number of pyridine rings is 1. The van der Waals surface area contributed by atoms with Gasteiger partial charge >= 0.3 is 6.09 Å². The lowest BCUT2D eigenvalue weighted by Gasteiger charge is -2.16. The maximum Gasteiger partial charge on any atom is 0.407 e. The van der Waals surface area contributed by atoms with Crippen molar-refractivity contribution in [3.05, 3.63) is 65.1 Å². The first kappa shape index (κ1) is 18.1. The van der Waals surface area contributed by atoms with Gasteiger partial charge in [-0.25, -0.2) is 4.79 Å². The Kier molecular flexibility index (Phi) is 4.74. The van der Waals surface area contributed by atoms with Crippen molar-refractivity contribution in [1.82, 2.24) is 14.9 Å². The Labute approximate surface area is 163 Å². The van der Waals surface area contributed by atoms with Gasteiger partial charge in [-0.05, 0) is 56.2 Å². The Morgan fingerprint density at radius 2 is 2.21 bits per heavy atom. The highest BCUT2D eigenvalue weighted by atomic mass is 16.6. The number of carbonyl (C=O) groups is 1. The zero-order valence-corrected chi connectivity index (χ0v) is 16.0. The van der Waals surface area contributed by atoms with E-state index in [2.05, 4.69) is 20.9 Å². The molecule has 1 N–H and O–H groups in total. The SMILES string of the molecule is CC(C)OC(=O)N[C@@H]1Cc2c(n(Cc3ccccn3)c3ccc(C#N)cc23)C1. The summed E-state index contributed by atoms with van der Waals surface area (Å²) in [5.74, 6) is 0. The van der Waals surface area contributed by atoms with Crippen LogP contribution in [0.1, 0.15) is 36.4 Å². The molecule has 0 aliphatic heterocycles. The van der Waals surface area contributed by atoms with Crippen molar-refractivity contribution in [3.8, 4) is 6.07 Å². The largest absolute Gasteiger partial charge is 0.447 e. The summed E-state index contributed by atoms with van der Waals surface area (Å²) in [6, 6.07) is 13.9. The van der Waals surface area contributed by atoms with Gasteiger partial charge in [0.15, 0.2) is 0 Å². The van der Waals surface area contributed by atoms with Crippen molar-refractivity contribution < 1.29 is 9.53 Å². The summed E-state index contributed by atoms with van der Waals surface area (Å²) in [5, 5.41) is 13.4. The second-order valence-corrected chi connectivity index (χ2v) is 7.38. The number of hydrogen-bond acceptors (Lipinski definition) is 4. The Bertz CT molecular complexity index is 1060. The normalized spacial score (nSPS) is 15.4. The van der Waals surface area contributed by atoms with Crippen LogP contribution in [0.5, 0.6) is 0 Å². The third kappa shape index (κ3) is 3.44. The minimum absolute atomic E-state index is 0.0126. The molecule has 2 aromatic heterocycles. The number of carbonyl (C=O) groups excluding carboxylic acids is 1. The van der Waals surface area contributed by atoms with E-state index in [4.69, 9.17) is 4.74 Å². The van der Waals surface area contributed by atoms with Gasteiger partial charge in [-0.3, -0.25) is 4.98 Å². The molecule has 1 amide bonds. The van der Waals surface area contributed by atoms with Crippen molar-refractivity contribution in [3.63, 3.8) is 0 Å². The molecule has 0 unspecified atom stereocenters. The molecule has 1 aliphatic rings. The number of alkyl carbamates (subject to hydrolysis) is 1. The molecule has 0 spiro atoms. The minimum atomic E-state index is -0.386. The lowest BCUT2D eigenvalue weighted by Crippen LogP contribution is -2.37. The highest BCUT2D eigenvalue weighted by Crippen LogP contribution is 2.34. The first-order valence-corrected chi connectivity index (χ1v) is 9.46. The zero-order chi connectivity index (χ0) is 19.7. The van der Waals surface area contributed by atoms with E-state index in [0.717, 1.165) is 29.4 Å². The molecule has 1 aliphatic carbocycles. The summed E-state index contributed by atoms with van der Waals surface area (Å²) in [7, 11) is 0. The predicted octanol–water partition coefficient (Wildman–Crippen LogP) is 3.56. The first-order chi connectivity index (χ1) is 13.5. The second kappa shape index (κ2) is 7.35. The monoisotopic (exact) mass is 374 g/mol. The molecule has 0 fully saturated rings. The van der Waals surface area contributed by atoms with Gasteiger partial charge in [0, 0.05) is 35.3 Å². The van der Waals surface area contributed by atoms with Crippen LogP contribution in [-0.2, 0) is 24.1 Å². The molecule has 0 saturated carbocycles. The first-order valence-electron chi connectivity index (χ1n) is 9.46. The number of amides is 1. The third-order valence-corrected chi connectivity index (χ3v) is 5.02. The standard InChI is InChI=1S/C22H22N4O2/c1-14(2)28-22(27)25-17-10-19-18-9-15(12-23)6-7-20(18)26(21(19)11-17)13-16-5-3-4-8-24-16/h3-9,14,17H,10-11,13H2,1-2H3,(H,25,27)/t17-/m1/s1. The van der Waals surface area contributed by atoms with Crippen LogP contribution in [0.3, 0.4) is 0 Å². The van der Waals surface area contributed by atoms with Crippen LogP contribution in [0.25, 0.3) is 10.9 Å². The molecule has 1 aromatic carbocycles. The lowest BCUT2D eigenvalue weighted by molar-refractivity contribution is 0.112. The molecule has 142 valence electrons. The number of benzene rings is 1. The molecular formula is C22H22N4O2. The van der Waals surface area contributed by atoms with Crippen molar-refractivity contribution >= 4 is 17.0 Å². The van der Waals surface area contributed by atoms with Gasteiger partial charge in [0.2, 0.25) is 0 Å². The maximum absolute atomic E-state index is 12.0. The number of ether oxygens (including phenoxy) is 1. The Balaban J connectivity index is 1.69. The van der Waals surface area contributed by atoms with Gasteiger partial charge in [0.25, 0.3) is 0 Å². The Hall–Kier alpha value is -3.33. The van der Waals surface area contributed by atoms with Crippen LogP contribution < -0.4 is 5.32 Å². The van der Waals surface area contributed by atoms with E-state index in [0.29, 0.717) is 12.1 Å². The number of hydrogen-bond donors (Lipinski definition) is 1. The number of rotatable bonds is 4. The van der Waals surface area contributed by atoms with Gasteiger partial charge in [-0.15, -0.1) is 0 Å². The van der Waals surface area contributed by atoms with Gasteiger partial charge in [-0.1, -0.05) is 6.07 Å². The number of nitrogens with zero attached hydrogens (tertiary/aromatic N) is 3. The van der Waals surface area contributed by atoms with E-state index in [-0.39, 0.29) is 18.2 Å². The molecule has 2 heterocycles. The average Bonchev–Trinajstić information content (AvgIpc) is 3.19. The molecule has 28 heavy (non-hydrogen) atoms.